The Morgan fingerprint density at radius 1 is 1.24 bits per heavy atom. The third-order valence-corrected chi connectivity index (χ3v) is 2.87. The molecule has 5 nitrogen and oxygen atoms in total. The van der Waals surface area contributed by atoms with Gasteiger partial charge in [-0.1, -0.05) is 0 Å². The second-order valence-electron chi connectivity index (χ2n) is 3.72. The van der Waals surface area contributed by atoms with Gasteiger partial charge in [0.25, 0.3) is 0 Å². The molecule has 0 fully saturated rings. The zero-order valence-electron chi connectivity index (χ0n) is 10.8. The van der Waals surface area contributed by atoms with Crippen molar-refractivity contribution in [3.05, 3.63) is 23.2 Å². The molecule has 1 aliphatic carbocycles. The molecular formula is C12H18O5. The van der Waals surface area contributed by atoms with Crippen molar-refractivity contribution in [3.8, 4) is 0 Å². The average Bonchev–Trinajstić information content (AvgIpc) is 2.36. The lowest BCUT2D eigenvalue weighted by atomic mass is 9.87. The standard InChI is InChI=1S/C12H18O5/c1-8-6-12(7-13,17-5)11(16-4)10(15-3)9(8)14-2/h6-7,11H,1-5H3. The Balaban J connectivity index is 3.37. The van der Waals surface area contributed by atoms with Gasteiger partial charge in [0, 0.05) is 14.2 Å². The topological polar surface area (TPSA) is 54.0 Å². The lowest BCUT2D eigenvalue weighted by Gasteiger charge is -2.36. The van der Waals surface area contributed by atoms with E-state index in [1.54, 1.807) is 13.2 Å². The summed E-state index contributed by atoms with van der Waals surface area (Å²) in [6.07, 6.45) is 1.72. The molecule has 17 heavy (non-hydrogen) atoms. The van der Waals surface area contributed by atoms with Crippen LogP contribution >= 0.6 is 0 Å². The molecule has 0 heterocycles. The Hall–Kier alpha value is -1.33. The second-order valence-corrected chi connectivity index (χ2v) is 3.72. The first-order valence-electron chi connectivity index (χ1n) is 5.16. The van der Waals surface area contributed by atoms with E-state index in [0.717, 1.165) is 5.57 Å². The van der Waals surface area contributed by atoms with Crippen LogP contribution in [0.2, 0.25) is 0 Å². The van der Waals surface area contributed by atoms with Gasteiger partial charge >= 0.3 is 0 Å². The molecule has 0 bridgehead atoms. The van der Waals surface area contributed by atoms with Crippen LogP contribution in [-0.2, 0) is 23.7 Å². The minimum atomic E-state index is -1.17. The van der Waals surface area contributed by atoms with Crippen LogP contribution in [0, 0.1) is 0 Å². The molecule has 0 saturated carbocycles. The number of hydrogen-bond donors (Lipinski definition) is 0. The first kappa shape index (κ1) is 13.7. The fraction of sp³-hybridized carbons (Fsp3) is 0.583. The van der Waals surface area contributed by atoms with E-state index < -0.39 is 11.7 Å². The monoisotopic (exact) mass is 242 g/mol. The molecule has 0 aromatic heterocycles. The summed E-state index contributed by atoms with van der Waals surface area (Å²) < 4.78 is 21.1. The third kappa shape index (κ3) is 2.08. The maximum Gasteiger partial charge on any atom is 0.175 e. The molecular weight excluding hydrogens is 224 g/mol. The highest BCUT2D eigenvalue weighted by Gasteiger charge is 2.46. The Morgan fingerprint density at radius 3 is 2.24 bits per heavy atom. The highest BCUT2D eigenvalue weighted by Crippen LogP contribution is 2.35. The van der Waals surface area contributed by atoms with Crippen LogP contribution in [0.1, 0.15) is 6.92 Å². The molecule has 5 heteroatoms. The predicted molar refractivity (Wildman–Crippen MR) is 61.4 cm³/mol. The molecule has 1 rings (SSSR count). The van der Waals surface area contributed by atoms with E-state index in [0.29, 0.717) is 17.8 Å². The number of allylic oxidation sites excluding steroid dienone is 1. The summed E-state index contributed by atoms with van der Waals surface area (Å²) >= 11 is 0. The Bertz CT molecular complexity index is 358. The Labute approximate surface area is 101 Å². The van der Waals surface area contributed by atoms with Crippen LogP contribution in [0.3, 0.4) is 0 Å². The van der Waals surface area contributed by atoms with Crippen molar-refractivity contribution in [1.82, 2.24) is 0 Å². The number of methoxy groups -OCH3 is 4. The van der Waals surface area contributed by atoms with Gasteiger partial charge in [-0.25, -0.2) is 0 Å². The minimum Gasteiger partial charge on any atom is -0.494 e. The molecule has 2 unspecified atom stereocenters. The summed E-state index contributed by atoms with van der Waals surface area (Å²) in [5, 5.41) is 0. The zero-order valence-corrected chi connectivity index (χ0v) is 10.8. The van der Waals surface area contributed by atoms with E-state index in [1.165, 1.54) is 21.3 Å². The smallest absolute Gasteiger partial charge is 0.175 e. The normalized spacial score (nSPS) is 28.8. The molecule has 0 aromatic carbocycles. The van der Waals surface area contributed by atoms with Crippen LogP contribution in [0.4, 0.5) is 0 Å². The number of hydrogen-bond acceptors (Lipinski definition) is 5. The molecule has 0 aliphatic heterocycles. The van der Waals surface area contributed by atoms with Gasteiger partial charge in [0.2, 0.25) is 0 Å². The summed E-state index contributed by atoms with van der Waals surface area (Å²) in [6.45, 7) is 1.82. The number of ether oxygens (including phenoxy) is 4. The van der Waals surface area contributed by atoms with Gasteiger partial charge in [0.05, 0.1) is 14.2 Å². The molecule has 0 aromatic rings. The van der Waals surface area contributed by atoms with Crippen LogP contribution < -0.4 is 0 Å². The first-order chi connectivity index (χ1) is 8.10. The molecule has 0 radical (unpaired) electrons. The fourth-order valence-electron chi connectivity index (χ4n) is 2.06. The Morgan fingerprint density at radius 2 is 1.88 bits per heavy atom. The van der Waals surface area contributed by atoms with E-state index in [1.807, 2.05) is 6.92 Å². The van der Waals surface area contributed by atoms with Crippen LogP contribution in [0.15, 0.2) is 23.2 Å². The van der Waals surface area contributed by atoms with E-state index in [9.17, 15) is 4.79 Å². The maximum atomic E-state index is 11.3. The molecule has 0 saturated heterocycles. The van der Waals surface area contributed by atoms with Crippen LogP contribution in [-0.4, -0.2) is 46.4 Å². The van der Waals surface area contributed by atoms with E-state index in [-0.39, 0.29) is 0 Å². The SMILES string of the molecule is COC1=C(OC)C(OC)C(C=O)(OC)C=C1C. The van der Waals surface area contributed by atoms with E-state index in [2.05, 4.69) is 0 Å². The lowest BCUT2D eigenvalue weighted by molar-refractivity contribution is -0.138. The van der Waals surface area contributed by atoms with Crippen molar-refractivity contribution < 1.29 is 23.7 Å². The molecule has 1 aliphatic rings. The fourth-order valence-corrected chi connectivity index (χ4v) is 2.06. The van der Waals surface area contributed by atoms with E-state index in [4.69, 9.17) is 18.9 Å². The van der Waals surface area contributed by atoms with Gasteiger partial charge < -0.3 is 18.9 Å². The summed E-state index contributed by atoms with van der Waals surface area (Å²) in [4.78, 5) is 11.3. The summed E-state index contributed by atoms with van der Waals surface area (Å²) in [5.74, 6) is 1.01. The molecule has 96 valence electrons. The van der Waals surface area contributed by atoms with Crippen molar-refractivity contribution in [1.29, 1.82) is 0 Å². The van der Waals surface area contributed by atoms with Crippen LogP contribution in [0.25, 0.3) is 0 Å². The van der Waals surface area contributed by atoms with Crippen molar-refractivity contribution in [2.75, 3.05) is 28.4 Å². The second kappa shape index (κ2) is 5.33. The first-order valence-corrected chi connectivity index (χ1v) is 5.16. The van der Waals surface area contributed by atoms with Crippen molar-refractivity contribution in [3.63, 3.8) is 0 Å². The van der Waals surface area contributed by atoms with E-state index >= 15 is 0 Å². The van der Waals surface area contributed by atoms with Crippen molar-refractivity contribution >= 4 is 6.29 Å². The minimum absolute atomic E-state index is 0.448. The molecule has 2 atom stereocenters. The van der Waals surface area contributed by atoms with Gasteiger partial charge in [0.1, 0.15) is 0 Å². The summed E-state index contributed by atoms with van der Waals surface area (Å²) in [7, 11) is 5.99. The number of carbonyl (C=O) groups is 1. The number of aldehydes is 1. The van der Waals surface area contributed by atoms with Gasteiger partial charge in [-0.05, 0) is 18.6 Å². The zero-order chi connectivity index (χ0) is 13.1. The summed E-state index contributed by atoms with van der Waals surface area (Å²) in [6, 6.07) is 0. The highest BCUT2D eigenvalue weighted by atomic mass is 16.6. The largest absolute Gasteiger partial charge is 0.494 e. The van der Waals surface area contributed by atoms with Gasteiger partial charge in [-0.3, -0.25) is 4.79 Å². The predicted octanol–water partition coefficient (Wildman–Crippen LogP) is 1.05. The summed E-state index contributed by atoms with van der Waals surface area (Å²) in [5.41, 5.74) is -0.404. The van der Waals surface area contributed by atoms with Gasteiger partial charge in [-0.15, -0.1) is 0 Å². The molecule has 0 spiro atoms. The quantitative estimate of drug-likeness (QED) is 0.674. The lowest BCUT2D eigenvalue weighted by Crippen LogP contribution is -2.49. The molecule has 0 amide bonds. The highest BCUT2D eigenvalue weighted by molar-refractivity contribution is 5.71. The number of carbonyl (C=O) groups excluding carboxylic acids is 1. The van der Waals surface area contributed by atoms with Gasteiger partial charge in [-0.2, -0.15) is 0 Å². The van der Waals surface area contributed by atoms with Crippen molar-refractivity contribution in [2.24, 2.45) is 0 Å². The van der Waals surface area contributed by atoms with Gasteiger partial charge in [0.15, 0.2) is 29.5 Å². The van der Waals surface area contributed by atoms with Crippen molar-refractivity contribution in [2.45, 2.75) is 18.6 Å². The van der Waals surface area contributed by atoms with Crippen LogP contribution in [0.5, 0.6) is 0 Å². The Kier molecular flexibility index (Phi) is 4.31. The number of rotatable bonds is 5. The third-order valence-electron chi connectivity index (χ3n) is 2.87. The maximum absolute atomic E-state index is 11.3. The average molecular weight is 242 g/mol. The molecule has 0 N–H and O–H groups in total.